The fourth-order valence-corrected chi connectivity index (χ4v) is 6.42. The van der Waals surface area contributed by atoms with Crippen molar-refractivity contribution >= 4 is 33.0 Å². The number of thiophene rings is 1. The Kier molecular flexibility index (Phi) is 5.74. The summed E-state index contributed by atoms with van der Waals surface area (Å²) in [6, 6.07) is 1.89. The number of sulfonamides is 1. The van der Waals surface area contributed by atoms with Gasteiger partial charge in [0.15, 0.2) is 0 Å². The molecule has 0 bridgehead atoms. The van der Waals surface area contributed by atoms with Crippen LogP contribution in [0, 0.1) is 12.8 Å². The molecule has 2 rings (SSSR count). The van der Waals surface area contributed by atoms with Crippen LogP contribution in [0.4, 0.5) is 0 Å². The average Bonchev–Trinajstić information content (AvgIpc) is 2.88. The van der Waals surface area contributed by atoms with E-state index in [2.05, 4.69) is 6.92 Å². The highest BCUT2D eigenvalue weighted by Gasteiger charge is 2.32. The summed E-state index contributed by atoms with van der Waals surface area (Å²) in [4.78, 5) is 0.943. The predicted molar refractivity (Wildman–Crippen MR) is 89.6 cm³/mol. The third kappa shape index (κ3) is 3.63. The smallest absolute Gasteiger partial charge is 0.206 e. The summed E-state index contributed by atoms with van der Waals surface area (Å²) < 4.78 is 27.5. The second-order valence-electron chi connectivity index (χ2n) is 5.91. The number of hydrogen-bond acceptors (Lipinski definition) is 3. The van der Waals surface area contributed by atoms with Gasteiger partial charge in [0.2, 0.25) is 0 Å². The number of rotatable bonds is 5. The Bertz CT molecular complexity index is 574. The summed E-state index contributed by atoms with van der Waals surface area (Å²) in [5, 5.41) is 0. The second kappa shape index (κ2) is 6.99. The maximum Gasteiger partial charge on any atom is 0.252 e. The number of alkyl halides is 1. The lowest BCUT2D eigenvalue weighted by Gasteiger charge is -2.33. The molecular formula is C15H24ClNO2S2. The van der Waals surface area contributed by atoms with E-state index in [-0.39, 0.29) is 6.04 Å². The first-order chi connectivity index (χ1) is 9.90. The Balaban J connectivity index is 2.15. The summed E-state index contributed by atoms with van der Waals surface area (Å²) in [5.74, 6) is 1.14. The Morgan fingerprint density at radius 1 is 1.33 bits per heavy atom. The molecule has 120 valence electrons. The molecule has 21 heavy (non-hydrogen) atoms. The molecule has 1 aromatic heterocycles. The number of nitrogens with zero attached hydrogens (tertiary/aromatic N) is 1. The zero-order chi connectivity index (χ0) is 15.6. The van der Waals surface area contributed by atoms with Crippen LogP contribution in [0.2, 0.25) is 0 Å². The van der Waals surface area contributed by atoms with Crippen LogP contribution >= 0.6 is 22.9 Å². The normalized spacial score (nSPS) is 23.7. The van der Waals surface area contributed by atoms with Gasteiger partial charge in [-0.25, -0.2) is 8.42 Å². The highest BCUT2D eigenvalue weighted by Crippen LogP contribution is 2.34. The highest BCUT2D eigenvalue weighted by molar-refractivity contribution is 7.91. The maximum atomic E-state index is 12.8. The van der Waals surface area contributed by atoms with Crippen LogP contribution in [0.15, 0.2) is 10.3 Å². The number of halogens is 1. The molecule has 0 N–H and O–H groups in total. The molecule has 0 aromatic carbocycles. The molecule has 0 atom stereocenters. The highest BCUT2D eigenvalue weighted by atomic mass is 35.5. The van der Waals surface area contributed by atoms with Crippen molar-refractivity contribution in [2.45, 2.75) is 62.1 Å². The first kappa shape index (κ1) is 17.3. The van der Waals surface area contributed by atoms with Gasteiger partial charge in [-0.2, -0.15) is 4.31 Å². The molecule has 0 unspecified atom stereocenters. The predicted octanol–water partition coefficient (Wildman–Crippen LogP) is 4.38. The minimum absolute atomic E-state index is 0.139. The largest absolute Gasteiger partial charge is 0.252 e. The fourth-order valence-electron chi connectivity index (χ4n) is 3.00. The molecule has 6 heteroatoms. The third-order valence-electron chi connectivity index (χ3n) is 4.66. The topological polar surface area (TPSA) is 37.4 Å². The van der Waals surface area contributed by atoms with Crippen molar-refractivity contribution in [3.63, 3.8) is 0 Å². The number of aryl methyl sites for hydroxylation is 1. The Labute approximate surface area is 137 Å². The average molecular weight is 350 g/mol. The summed E-state index contributed by atoms with van der Waals surface area (Å²) in [5.41, 5.74) is 0.969. The molecule has 0 amide bonds. The van der Waals surface area contributed by atoms with E-state index in [1.54, 1.807) is 17.4 Å². The third-order valence-corrected chi connectivity index (χ3v) is 8.68. The maximum absolute atomic E-state index is 12.8. The van der Waals surface area contributed by atoms with Crippen LogP contribution in [-0.2, 0) is 15.9 Å². The van der Waals surface area contributed by atoms with Gasteiger partial charge in [-0.1, -0.05) is 13.3 Å². The molecule has 0 saturated heterocycles. The van der Waals surface area contributed by atoms with Crippen molar-refractivity contribution in [3.8, 4) is 0 Å². The lowest BCUT2D eigenvalue weighted by Crippen LogP contribution is -2.39. The van der Waals surface area contributed by atoms with Crippen molar-refractivity contribution in [1.82, 2.24) is 4.31 Å². The molecular weight excluding hydrogens is 326 g/mol. The molecule has 3 nitrogen and oxygen atoms in total. The zero-order valence-electron chi connectivity index (χ0n) is 12.9. The van der Waals surface area contributed by atoms with Crippen molar-refractivity contribution in [2.75, 3.05) is 7.05 Å². The van der Waals surface area contributed by atoms with Gasteiger partial charge in [-0.05, 0) is 50.2 Å². The molecule has 1 saturated carbocycles. The van der Waals surface area contributed by atoms with Gasteiger partial charge in [-0.3, -0.25) is 0 Å². The molecule has 1 aliphatic rings. The fraction of sp³-hybridized carbons (Fsp3) is 0.733. The summed E-state index contributed by atoms with van der Waals surface area (Å²) in [7, 11) is -1.66. The van der Waals surface area contributed by atoms with E-state index in [4.69, 9.17) is 11.6 Å². The van der Waals surface area contributed by atoms with Crippen LogP contribution in [0.5, 0.6) is 0 Å². The molecule has 0 radical (unpaired) electrons. The van der Waals surface area contributed by atoms with Crippen LogP contribution in [-0.4, -0.2) is 25.8 Å². The van der Waals surface area contributed by atoms with Gasteiger partial charge in [0.1, 0.15) is 4.21 Å². The van der Waals surface area contributed by atoms with Gasteiger partial charge in [0.25, 0.3) is 10.0 Å². The first-order valence-corrected chi connectivity index (χ1v) is 10.3. The van der Waals surface area contributed by atoms with Gasteiger partial charge in [0, 0.05) is 18.0 Å². The molecule has 0 spiro atoms. The molecule has 1 heterocycles. The van der Waals surface area contributed by atoms with Gasteiger partial charge in [-0.15, -0.1) is 22.9 Å². The summed E-state index contributed by atoms with van der Waals surface area (Å²) in [6.45, 7) is 4.13. The van der Waals surface area contributed by atoms with E-state index in [0.717, 1.165) is 42.0 Å². The molecule has 0 aliphatic heterocycles. The van der Waals surface area contributed by atoms with Gasteiger partial charge < -0.3 is 0 Å². The van der Waals surface area contributed by atoms with E-state index in [1.807, 2.05) is 6.92 Å². The Hall–Kier alpha value is -0.100. The van der Waals surface area contributed by atoms with Crippen LogP contribution < -0.4 is 0 Å². The van der Waals surface area contributed by atoms with E-state index < -0.39 is 10.0 Å². The minimum Gasteiger partial charge on any atom is -0.206 e. The van der Waals surface area contributed by atoms with E-state index >= 15 is 0 Å². The van der Waals surface area contributed by atoms with Crippen molar-refractivity contribution in [1.29, 1.82) is 0 Å². The lowest BCUT2D eigenvalue weighted by molar-refractivity contribution is 0.233. The van der Waals surface area contributed by atoms with Crippen LogP contribution in [0.1, 0.15) is 49.5 Å². The van der Waals surface area contributed by atoms with Crippen LogP contribution in [0.25, 0.3) is 0 Å². The standard InChI is InChI=1S/C15H24ClNO2S2/c1-4-12-5-7-13(8-6-12)17(3)21(18,19)15-9-11(2)14(10-16)20-15/h9,12-13H,4-8,10H2,1-3H3. The molecule has 1 fully saturated rings. The summed E-state index contributed by atoms with van der Waals surface area (Å²) >= 11 is 7.16. The van der Waals surface area contributed by atoms with Crippen molar-refractivity contribution in [2.24, 2.45) is 5.92 Å². The number of hydrogen-bond donors (Lipinski definition) is 0. The second-order valence-corrected chi connectivity index (χ2v) is 9.54. The Morgan fingerprint density at radius 2 is 1.95 bits per heavy atom. The van der Waals surface area contributed by atoms with E-state index in [0.29, 0.717) is 10.1 Å². The first-order valence-electron chi connectivity index (χ1n) is 7.53. The van der Waals surface area contributed by atoms with E-state index in [1.165, 1.54) is 17.8 Å². The summed E-state index contributed by atoms with van der Waals surface area (Å²) in [6.07, 6.45) is 5.42. The SMILES string of the molecule is CCC1CCC(N(C)S(=O)(=O)c2cc(C)c(CCl)s2)CC1. The van der Waals surface area contributed by atoms with Crippen molar-refractivity contribution < 1.29 is 8.42 Å². The molecule has 1 aromatic rings. The Morgan fingerprint density at radius 3 is 2.43 bits per heavy atom. The minimum atomic E-state index is -3.38. The van der Waals surface area contributed by atoms with Gasteiger partial charge >= 0.3 is 0 Å². The quantitative estimate of drug-likeness (QED) is 0.739. The zero-order valence-corrected chi connectivity index (χ0v) is 15.3. The van der Waals surface area contributed by atoms with E-state index in [9.17, 15) is 8.42 Å². The van der Waals surface area contributed by atoms with Crippen LogP contribution in [0.3, 0.4) is 0 Å². The lowest BCUT2D eigenvalue weighted by atomic mass is 9.85. The molecule has 1 aliphatic carbocycles. The monoisotopic (exact) mass is 349 g/mol. The van der Waals surface area contributed by atoms with Crippen molar-refractivity contribution in [3.05, 3.63) is 16.5 Å². The van der Waals surface area contributed by atoms with Gasteiger partial charge in [0.05, 0.1) is 5.88 Å².